The summed E-state index contributed by atoms with van der Waals surface area (Å²) in [4.78, 5) is 200. The van der Waals surface area contributed by atoms with Gasteiger partial charge >= 0.3 is 5.97 Å². The first-order chi connectivity index (χ1) is 52.5. The molecule has 110 heavy (non-hydrogen) atoms. The van der Waals surface area contributed by atoms with Crippen LogP contribution in [0, 0.1) is 5.92 Å². The molecule has 592 valence electrons. The quantitative estimate of drug-likeness (QED) is 0.0185. The lowest BCUT2D eigenvalue weighted by molar-refractivity contribution is -0.144. The molecule has 0 bridgehead atoms. The molecule has 12 atom stereocenters. The number of carboxylic acid groups (broad SMARTS) is 1. The van der Waals surface area contributed by atoms with E-state index < -0.39 is 168 Å². The van der Waals surface area contributed by atoms with E-state index >= 15 is 0 Å². The van der Waals surface area contributed by atoms with E-state index in [-0.39, 0.29) is 82.5 Å². The van der Waals surface area contributed by atoms with Crippen molar-refractivity contribution in [1.82, 2.24) is 87.9 Å². The van der Waals surface area contributed by atoms with Crippen molar-refractivity contribution < 1.29 is 82.8 Å². The number of aliphatic carboxylic acids is 1. The van der Waals surface area contributed by atoms with Gasteiger partial charge in [0.15, 0.2) is 0 Å². The largest absolute Gasteiger partial charge is 0.508 e. The summed E-state index contributed by atoms with van der Waals surface area (Å²) in [5.74, 6) is -11.8. The topological polar surface area (TPSA) is 555 Å². The van der Waals surface area contributed by atoms with E-state index in [9.17, 15) is 82.8 Å². The second kappa shape index (κ2) is 40.2. The Kier molecular flexibility index (Phi) is 30.8. The van der Waals surface area contributed by atoms with E-state index in [2.05, 4.69) is 94.0 Å². The summed E-state index contributed by atoms with van der Waals surface area (Å²) < 4.78 is 0.851. The lowest BCUT2D eigenvalue weighted by Gasteiger charge is -2.30. The number of nitrogens with zero attached hydrogens (tertiary/aromatic N) is 4. The molecule has 2 aliphatic heterocycles. The predicted octanol–water partition coefficient (Wildman–Crippen LogP) is -2.01. The number of hydrogen-bond acceptors (Lipinski definition) is 20. The number of nitrogens with one attached hydrogen (secondary N) is 13. The zero-order valence-corrected chi connectivity index (χ0v) is 62.8. The van der Waals surface area contributed by atoms with Gasteiger partial charge < -0.3 is 110 Å². The van der Waals surface area contributed by atoms with Gasteiger partial charge in [0.1, 0.15) is 78.0 Å². The summed E-state index contributed by atoms with van der Waals surface area (Å²) >= 11 is 3.46. The highest BCUT2D eigenvalue weighted by Gasteiger charge is 2.42. The van der Waals surface area contributed by atoms with Crippen molar-refractivity contribution >= 4 is 104 Å². The third kappa shape index (κ3) is 23.8. The number of imidazole rings is 2. The second-order valence-electron chi connectivity index (χ2n) is 27.6. The first kappa shape index (κ1) is 84.3. The molecular weight excluding hydrogens is 1490 g/mol. The van der Waals surface area contributed by atoms with Crippen molar-refractivity contribution in [2.75, 3.05) is 32.8 Å². The van der Waals surface area contributed by atoms with Crippen LogP contribution in [-0.4, -0.2) is 237 Å². The molecule has 0 unspecified atom stereocenters. The van der Waals surface area contributed by atoms with Crippen molar-refractivity contribution in [3.63, 3.8) is 0 Å². The summed E-state index contributed by atoms with van der Waals surface area (Å²) in [6.45, 7) is 4.61. The van der Waals surface area contributed by atoms with E-state index in [1.165, 1.54) is 98.9 Å². The third-order valence-electron chi connectivity index (χ3n) is 19.0. The maximum absolute atomic E-state index is 14.6. The number of carbonyl (C=O) groups excluding carboxylic acids is 12. The summed E-state index contributed by atoms with van der Waals surface area (Å²) in [6.07, 6.45) is 8.48. The van der Waals surface area contributed by atoms with Gasteiger partial charge in [-0.3, -0.25) is 57.5 Å². The number of aromatic hydroxyl groups is 2. The number of unbranched alkanes of at least 4 members (excludes halogenated alkanes) is 1. The number of rotatable bonds is 39. The Morgan fingerprint density at radius 2 is 1.05 bits per heavy atom. The molecule has 21 N–H and O–H groups in total. The van der Waals surface area contributed by atoms with Crippen LogP contribution in [0.3, 0.4) is 0 Å². The molecule has 5 heterocycles. The van der Waals surface area contributed by atoms with Crippen LogP contribution in [0.15, 0.2) is 102 Å². The number of H-pyrrole nitrogens is 3. The van der Waals surface area contributed by atoms with Gasteiger partial charge in [-0.2, -0.15) is 0 Å². The van der Waals surface area contributed by atoms with Gasteiger partial charge in [0, 0.05) is 84.1 Å². The molecule has 8 rings (SSSR count). The van der Waals surface area contributed by atoms with Gasteiger partial charge in [0.05, 0.1) is 31.8 Å². The van der Waals surface area contributed by atoms with Crippen LogP contribution >= 0.6 is 15.9 Å². The zero-order valence-electron chi connectivity index (χ0n) is 61.2. The third-order valence-corrected chi connectivity index (χ3v) is 19.5. The minimum absolute atomic E-state index is 0.0238. The highest BCUT2D eigenvalue weighted by Crippen LogP contribution is 2.25. The van der Waals surface area contributed by atoms with Crippen LogP contribution in [0.4, 0.5) is 0 Å². The number of carboxylic acids is 1. The summed E-state index contributed by atoms with van der Waals surface area (Å²) in [5.41, 5.74) is 15.6. The number of phenols is 2. The highest BCUT2D eigenvalue weighted by molar-refractivity contribution is 9.10. The van der Waals surface area contributed by atoms with Gasteiger partial charge in [0.25, 0.3) is 0 Å². The molecule has 0 saturated carbocycles. The number of aromatic nitrogens is 5. The fraction of sp³-hybridized carbons (Fsp3) is 0.466. The van der Waals surface area contributed by atoms with Crippen LogP contribution in [0.5, 0.6) is 11.5 Å². The second-order valence-corrected chi connectivity index (χ2v) is 28.5. The Hall–Kier alpha value is -11.3. The molecule has 3 aromatic carbocycles. The number of halogens is 1. The Morgan fingerprint density at radius 1 is 0.555 bits per heavy atom. The maximum Gasteiger partial charge on any atom is 0.326 e. The summed E-state index contributed by atoms with van der Waals surface area (Å²) in [6, 6.07) is 1.22. The van der Waals surface area contributed by atoms with E-state index in [1.54, 1.807) is 18.3 Å². The molecular formula is C73H96BrN19O17. The molecule has 3 aromatic heterocycles. The molecule has 6 aromatic rings. The monoisotopic (exact) mass is 1590 g/mol. The zero-order chi connectivity index (χ0) is 79.9. The van der Waals surface area contributed by atoms with E-state index in [4.69, 9.17) is 11.5 Å². The number of amides is 12. The number of nitrogens with two attached hydrogens (primary N) is 2. The average Bonchev–Trinajstić information content (AvgIpc) is 1.67. The molecule has 37 heteroatoms. The smallest absolute Gasteiger partial charge is 0.326 e. The molecule has 12 amide bonds. The fourth-order valence-corrected chi connectivity index (χ4v) is 13.2. The van der Waals surface area contributed by atoms with Crippen molar-refractivity contribution in [2.45, 2.75) is 177 Å². The number of phenolic OH excluding ortho intramolecular Hbond substituents is 2. The molecule has 0 radical (unpaired) electrons. The fourth-order valence-electron chi connectivity index (χ4n) is 12.8. The molecule has 36 nitrogen and oxygen atoms in total. The lowest BCUT2D eigenvalue weighted by Crippen LogP contribution is -2.61. The SMILES string of the molecule is CC(C)[C@H](NC(=O)[C@H](CO)NC(=O)[C@H](Cc1ccc(O)cc1)NC(=O)[C@H](Cc1cnc[nH]1)NC(=O)[C@H](Cc1cnc[nH]1)NC(=O)[C@@H]1CCCN1C(=O)CNC(=O)[C@H](C)NC(=O)[C@H](C)NC(=O)[C@@H]1CCCN1C(=O)[C@H](CCCCN)NC(=O)[C@H](Cc1ccc(O)cc1)NC(=O)[C@@H](N)Cc1c[nH]c2cc(Br)ccc12)C(=O)O. The number of likely N-dealkylation sites (tertiary alicyclic amines) is 2. The van der Waals surface area contributed by atoms with Gasteiger partial charge in [-0.15, -0.1) is 0 Å². The Balaban J connectivity index is 0.862. The number of aliphatic hydroxyl groups is 1. The molecule has 2 aliphatic rings. The van der Waals surface area contributed by atoms with Crippen LogP contribution in [0.25, 0.3) is 10.9 Å². The Bertz CT molecular complexity index is 4200. The molecule has 2 saturated heterocycles. The molecule has 2 fully saturated rings. The van der Waals surface area contributed by atoms with Crippen molar-refractivity contribution in [3.8, 4) is 11.5 Å². The number of carbonyl (C=O) groups is 13. The number of aromatic amines is 3. The van der Waals surface area contributed by atoms with Crippen LogP contribution in [0.1, 0.15) is 101 Å². The highest BCUT2D eigenvalue weighted by atomic mass is 79.9. The Labute approximate surface area is 640 Å². The minimum Gasteiger partial charge on any atom is -0.508 e. The lowest BCUT2D eigenvalue weighted by atomic mass is 10.0. The number of benzene rings is 3. The van der Waals surface area contributed by atoms with E-state index in [0.29, 0.717) is 48.2 Å². The van der Waals surface area contributed by atoms with Crippen LogP contribution in [-0.2, 0) is 94.4 Å². The molecule has 0 aliphatic carbocycles. The van der Waals surface area contributed by atoms with E-state index in [0.717, 1.165) is 20.9 Å². The van der Waals surface area contributed by atoms with Crippen LogP contribution in [0.2, 0.25) is 0 Å². The average molecular weight is 1590 g/mol. The number of fused-ring (bicyclic) bond motifs is 1. The normalized spacial score (nSPS) is 16.8. The number of aliphatic hydroxyl groups excluding tert-OH is 1. The van der Waals surface area contributed by atoms with Gasteiger partial charge in [-0.25, -0.2) is 14.8 Å². The summed E-state index contributed by atoms with van der Waals surface area (Å²) in [7, 11) is 0. The Morgan fingerprint density at radius 3 is 1.57 bits per heavy atom. The van der Waals surface area contributed by atoms with E-state index in [1.807, 2.05) is 18.2 Å². The van der Waals surface area contributed by atoms with Gasteiger partial charge in [-0.1, -0.05) is 60.1 Å². The standard InChI is InChI=1S/C73H96BrN19O17/c1-38(2)61(73(109)110)91-69(105)57(35-94)90-66(102)54(26-42-14-19-48(96)20-15-42)87-67(103)55(29-45-32-77-36-81-45)88-68(104)56(30-46-33-78-37-82-46)89-71(107)58-10-7-23-92(58)60(97)34-80-62(98)39(3)83-63(99)40(4)84-70(106)59-11-8-24-93(59)72(108)51(9-5-6-22-75)85-65(101)53(25-41-12-17-47(95)18-13-41)86-64(100)50(76)27-43-31-79-52-28-44(74)16-21-49(43)52/h12-21,28,31-33,36-40,50-51,53-59,61,79,94-96H,5-11,22-27,29-30,34-35,75-76H2,1-4H3,(H,77,81)(H,78,82)(H,80,98)(H,83,99)(H,84,106)(H,85,101)(H,86,100)(H,87,103)(H,88,104)(H,89,107)(H,90,102)(H,91,105)(H,109,110)/t39-,40-,50-,51-,53-,54-,55-,56-,57-,58-,59-,61-/m0/s1. The predicted molar refractivity (Wildman–Crippen MR) is 400 cm³/mol. The number of hydrogen-bond donors (Lipinski definition) is 19. The maximum atomic E-state index is 14.6. The van der Waals surface area contributed by atoms with Gasteiger partial charge in [-0.05, 0) is 131 Å². The van der Waals surface area contributed by atoms with Crippen molar-refractivity contribution in [3.05, 3.63) is 131 Å². The minimum atomic E-state index is -1.69. The van der Waals surface area contributed by atoms with Crippen LogP contribution < -0.4 is 64.6 Å². The van der Waals surface area contributed by atoms with Gasteiger partial charge in [0.2, 0.25) is 70.9 Å². The first-order valence-corrected chi connectivity index (χ1v) is 37.0. The molecule has 0 spiro atoms. The summed E-state index contributed by atoms with van der Waals surface area (Å²) in [5, 5.41) is 66.6. The first-order valence-electron chi connectivity index (χ1n) is 36.2. The van der Waals surface area contributed by atoms with Crippen molar-refractivity contribution in [2.24, 2.45) is 17.4 Å². The van der Waals surface area contributed by atoms with Crippen molar-refractivity contribution in [1.29, 1.82) is 0 Å².